The number of carbonyl (C=O) groups excluding carboxylic acids is 2. The number of ether oxygens (including phenoxy) is 3. The number of esters is 1. The maximum absolute atomic E-state index is 13.0. The van der Waals surface area contributed by atoms with Crippen molar-refractivity contribution in [3.8, 4) is 0 Å². The maximum atomic E-state index is 13.0. The van der Waals surface area contributed by atoms with Gasteiger partial charge in [0.25, 0.3) is 0 Å². The van der Waals surface area contributed by atoms with Crippen molar-refractivity contribution in [2.24, 2.45) is 11.8 Å². The summed E-state index contributed by atoms with van der Waals surface area (Å²) in [4.78, 5) is 27.4. The van der Waals surface area contributed by atoms with E-state index in [0.29, 0.717) is 26.3 Å². The summed E-state index contributed by atoms with van der Waals surface area (Å²) < 4.78 is 17.1. The van der Waals surface area contributed by atoms with E-state index in [1.165, 1.54) is 0 Å². The lowest BCUT2D eigenvalue weighted by Crippen LogP contribution is -2.40. The Morgan fingerprint density at radius 1 is 1.35 bits per heavy atom. The first-order chi connectivity index (χ1) is 12.5. The van der Waals surface area contributed by atoms with Gasteiger partial charge >= 0.3 is 5.97 Å². The number of amides is 1. The van der Waals surface area contributed by atoms with Gasteiger partial charge in [-0.1, -0.05) is 31.9 Å². The predicted molar refractivity (Wildman–Crippen MR) is 96.5 cm³/mol. The van der Waals surface area contributed by atoms with Crippen LogP contribution in [0.2, 0.25) is 0 Å². The first kappa shape index (κ1) is 19.4. The highest BCUT2D eigenvalue weighted by atomic mass is 16.6. The zero-order valence-electron chi connectivity index (χ0n) is 16.1. The van der Waals surface area contributed by atoms with Crippen molar-refractivity contribution in [1.82, 2.24) is 4.90 Å². The van der Waals surface area contributed by atoms with Crippen LogP contribution >= 0.6 is 0 Å². The fourth-order valence-electron chi connectivity index (χ4n) is 4.23. The minimum absolute atomic E-state index is 0.0110. The fraction of sp³-hybridized carbons (Fsp3) is 0.800. The number of rotatable bonds is 10. The lowest BCUT2D eigenvalue weighted by atomic mass is 9.77. The van der Waals surface area contributed by atoms with E-state index in [4.69, 9.17) is 14.2 Å². The van der Waals surface area contributed by atoms with Crippen LogP contribution < -0.4 is 0 Å². The second kappa shape index (κ2) is 8.09. The molecule has 0 aromatic heterocycles. The molecule has 0 saturated carbocycles. The number of hydrogen-bond donors (Lipinski definition) is 0. The van der Waals surface area contributed by atoms with Crippen LogP contribution in [0.4, 0.5) is 0 Å². The van der Waals surface area contributed by atoms with Gasteiger partial charge in [-0.3, -0.25) is 9.59 Å². The van der Waals surface area contributed by atoms with Gasteiger partial charge in [0, 0.05) is 13.2 Å². The molecule has 3 aliphatic heterocycles. The lowest BCUT2D eigenvalue weighted by molar-refractivity contribution is -0.154. The van der Waals surface area contributed by atoms with Crippen LogP contribution in [0.15, 0.2) is 12.2 Å². The van der Waals surface area contributed by atoms with Crippen LogP contribution in [0.1, 0.15) is 46.5 Å². The van der Waals surface area contributed by atoms with Crippen molar-refractivity contribution in [2.45, 2.75) is 64.3 Å². The Morgan fingerprint density at radius 3 is 2.88 bits per heavy atom. The molecule has 4 atom stereocenters. The molecule has 6 nitrogen and oxygen atoms in total. The lowest BCUT2D eigenvalue weighted by Gasteiger charge is -2.22. The van der Waals surface area contributed by atoms with E-state index in [9.17, 15) is 9.59 Å². The molecule has 2 fully saturated rings. The molecule has 0 aliphatic carbocycles. The van der Waals surface area contributed by atoms with Crippen molar-refractivity contribution in [3.63, 3.8) is 0 Å². The summed E-state index contributed by atoms with van der Waals surface area (Å²) in [6.07, 6.45) is 7.53. The second-order valence-electron chi connectivity index (χ2n) is 7.81. The van der Waals surface area contributed by atoms with Crippen LogP contribution in [0.5, 0.6) is 0 Å². The van der Waals surface area contributed by atoms with Crippen molar-refractivity contribution in [3.05, 3.63) is 12.2 Å². The Labute approximate surface area is 155 Å². The summed E-state index contributed by atoms with van der Waals surface area (Å²) in [5.41, 5.74) is -0.645. The number of hydrogen-bond acceptors (Lipinski definition) is 5. The van der Waals surface area contributed by atoms with Crippen LogP contribution in [0, 0.1) is 11.8 Å². The summed E-state index contributed by atoms with van der Waals surface area (Å²) in [7, 11) is 0. The standard InChI is InChI=1S/C20H31NO5/c1-4-5-6-11-25-19(23)16-15-8-9-20(26-15)13-21(18(22)17(16)20)10-7-12-24-14(2)3/h8-9,14-17H,4-7,10-13H2,1-3H3. The molecular formula is C20H31NO5. The van der Waals surface area contributed by atoms with Crippen molar-refractivity contribution >= 4 is 11.9 Å². The molecule has 3 aliphatic rings. The van der Waals surface area contributed by atoms with Gasteiger partial charge in [-0.15, -0.1) is 0 Å². The smallest absolute Gasteiger partial charge is 0.312 e. The molecule has 26 heavy (non-hydrogen) atoms. The zero-order valence-corrected chi connectivity index (χ0v) is 16.1. The third-order valence-corrected chi connectivity index (χ3v) is 5.47. The van der Waals surface area contributed by atoms with Gasteiger partial charge in [0.1, 0.15) is 11.5 Å². The third kappa shape index (κ3) is 3.67. The fourth-order valence-corrected chi connectivity index (χ4v) is 4.23. The Bertz CT molecular complexity index is 560. The minimum atomic E-state index is -0.645. The molecule has 0 aromatic rings. The molecule has 3 heterocycles. The van der Waals surface area contributed by atoms with Crippen LogP contribution in [-0.2, 0) is 23.8 Å². The van der Waals surface area contributed by atoms with Crippen molar-refractivity contribution in [2.75, 3.05) is 26.3 Å². The zero-order chi connectivity index (χ0) is 18.7. The second-order valence-corrected chi connectivity index (χ2v) is 7.81. The normalized spacial score (nSPS) is 31.9. The van der Waals surface area contributed by atoms with Crippen LogP contribution in [-0.4, -0.2) is 60.9 Å². The van der Waals surface area contributed by atoms with Gasteiger partial charge in [0.15, 0.2) is 0 Å². The Kier molecular flexibility index (Phi) is 6.03. The average molecular weight is 365 g/mol. The molecule has 6 heteroatoms. The molecule has 1 spiro atoms. The topological polar surface area (TPSA) is 65.1 Å². The van der Waals surface area contributed by atoms with E-state index in [2.05, 4.69) is 6.92 Å². The monoisotopic (exact) mass is 365 g/mol. The van der Waals surface area contributed by atoms with E-state index in [-0.39, 0.29) is 24.1 Å². The highest BCUT2D eigenvalue weighted by Gasteiger charge is 2.67. The summed E-state index contributed by atoms with van der Waals surface area (Å²) in [6, 6.07) is 0. The quantitative estimate of drug-likeness (QED) is 0.338. The van der Waals surface area contributed by atoms with E-state index in [0.717, 1.165) is 25.7 Å². The number of likely N-dealkylation sites (tertiary alicyclic amines) is 1. The Hall–Kier alpha value is -1.40. The highest BCUT2D eigenvalue weighted by Crippen LogP contribution is 2.52. The number of fused-ring (bicyclic) bond motifs is 1. The number of unbranched alkanes of at least 4 members (excludes halogenated alkanes) is 2. The van der Waals surface area contributed by atoms with Gasteiger partial charge in [0.05, 0.1) is 31.3 Å². The largest absolute Gasteiger partial charge is 0.465 e. The van der Waals surface area contributed by atoms with Gasteiger partial charge in [0.2, 0.25) is 5.91 Å². The van der Waals surface area contributed by atoms with E-state index < -0.39 is 17.4 Å². The molecule has 2 bridgehead atoms. The average Bonchev–Trinajstić information content (AvgIpc) is 3.24. The predicted octanol–water partition coefficient (Wildman–Crippen LogP) is 2.32. The van der Waals surface area contributed by atoms with E-state index in [1.54, 1.807) is 0 Å². The first-order valence-electron chi connectivity index (χ1n) is 9.92. The Balaban J connectivity index is 1.59. The molecule has 3 rings (SSSR count). The minimum Gasteiger partial charge on any atom is -0.465 e. The molecule has 0 radical (unpaired) electrons. The SMILES string of the molecule is CCCCCOC(=O)C1C2C=CC3(CN(CCCOC(C)C)C(=O)C13)O2. The molecule has 0 N–H and O–H groups in total. The maximum Gasteiger partial charge on any atom is 0.312 e. The van der Waals surface area contributed by atoms with Gasteiger partial charge < -0.3 is 19.1 Å². The van der Waals surface area contributed by atoms with Gasteiger partial charge in [-0.2, -0.15) is 0 Å². The number of carbonyl (C=O) groups is 2. The summed E-state index contributed by atoms with van der Waals surface area (Å²) in [5, 5.41) is 0. The van der Waals surface area contributed by atoms with Gasteiger partial charge in [-0.25, -0.2) is 0 Å². The third-order valence-electron chi connectivity index (χ3n) is 5.47. The van der Waals surface area contributed by atoms with Crippen LogP contribution in [0.3, 0.4) is 0 Å². The van der Waals surface area contributed by atoms with E-state index in [1.807, 2.05) is 30.9 Å². The molecule has 4 unspecified atom stereocenters. The molecule has 1 amide bonds. The molecule has 2 saturated heterocycles. The molecule has 146 valence electrons. The highest BCUT2D eigenvalue weighted by molar-refractivity contribution is 5.91. The van der Waals surface area contributed by atoms with Crippen molar-refractivity contribution < 1.29 is 23.8 Å². The summed E-state index contributed by atoms with van der Waals surface area (Å²) in [5.74, 6) is -1.23. The Morgan fingerprint density at radius 2 is 2.15 bits per heavy atom. The van der Waals surface area contributed by atoms with Crippen LogP contribution in [0.25, 0.3) is 0 Å². The summed E-state index contributed by atoms with van der Waals surface area (Å²) >= 11 is 0. The van der Waals surface area contributed by atoms with Gasteiger partial charge in [-0.05, 0) is 26.7 Å². The first-order valence-corrected chi connectivity index (χ1v) is 9.92. The van der Waals surface area contributed by atoms with E-state index >= 15 is 0 Å². The molecular weight excluding hydrogens is 334 g/mol. The number of nitrogens with zero attached hydrogens (tertiary/aromatic N) is 1. The van der Waals surface area contributed by atoms with Crippen molar-refractivity contribution in [1.29, 1.82) is 0 Å². The summed E-state index contributed by atoms with van der Waals surface area (Å²) in [6.45, 7) is 8.30. The molecule has 0 aromatic carbocycles.